The zero-order valence-electron chi connectivity index (χ0n) is 12.2. The van der Waals surface area contributed by atoms with Crippen molar-refractivity contribution < 1.29 is 14.2 Å². The first-order valence-electron chi connectivity index (χ1n) is 7.90. The van der Waals surface area contributed by atoms with Gasteiger partial charge in [0.05, 0.1) is 30.1 Å². The molecule has 1 aromatic rings. The molecule has 2 fully saturated rings. The molecule has 2 aliphatic heterocycles. The van der Waals surface area contributed by atoms with E-state index in [2.05, 4.69) is 4.90 Å². The number of fused-ring (bicyclic) bond motifs is 2. The Balaban J connectivity index is 1.68. The van der Waals surface area contributed by atoms with Gasteiger partial charge in [0.1, 0.15) is 13.2 Å². The van der Waals surface area contributed by atoms with Gasteiger partial charge in [-0.2, -0.15) is 0 Å². The lowest BCUT2D eigenvalue weighted by molar-refractivity contribution is -0.00864. The van der Waals surface area contributed by atoms with Crippen molar-refractivity contribution in [1.29, 1.82) is 0 Å². The van der Waals surface area contributed by atoms with E-state index in [1.54, 1.807) is 0 Å². The van der Waals surface area contributed by atoms with E-state index < -0.39 is 0 Å². The van der Waals surface area contributed by atoms with Crippen molar-refractivity contribution in [3.8, 4) is 11.5 Å². The average molecular weight is 290 g/mol. The van der Waals surface area contributed by atoms with Gasteiger partial charge in [-0.1, -0.05) is 12.8 Å². The van der Waals surface area contributed by atoms with Crippen molar-refractivity contribution in [1.82, 2.24) is 0 Å². The number of anilines is 2. The van der Waals surface area contributed by atoms with Gasteiger partial charge in [-0.05, 0) is 12.8 Å². The van der Waals surface area contributed by atoms with Crippen LogP contribution in [-0.2, 0) is 4.74 Å². The van der Waals surface area contributed by atoms with E-state index in [1.165, 1.54) is 19.3 Å². The number of hydrogen-bond donors (Lipinski definition) is 1. The molecule has 0 bridgehead atoms. The topological polar surface area (TPSA) is 57.0 Å². The first-order chi connectivity index (χ1) is 10.3. The van der Waals surface area contributed by atoms with Crippen molar-refractivity contribution in [2.45, 2.75) is 37.8 Å². The highest BCUT2D eigenvalue weighted by Gasteiger charge is 2.35. The molecule has 1 aromatic carbocycles. The molecule has 0 radical (unpaired) electrons. The molecule has 2 atom stereocenters. The summed E-state index contributed by atoms with van der Waals surface area (Å²) in [4.78, 5) is 2.42. The minimum Gasteiger partial charge on any atom is -0.486 e. The van der Waals surface area contributed by atoms with Crippen LogP contribution in [0.5, 0.6) is 11.5 Å². The zero-order valence-corrected chi connectivity index (χ0v) is 12.2. The maximum atomic E-state index is 6.28. The van der Waals surface area contributed by atoms with E-state index in [1.807, 2.05) is 12.1 Å². The smallest absolute Gasteiger partial charge is 0.163 e. The second kappa shape index (κ2) is 5.30. The summed E-state index contributed by atoms with van der Waals surface area (Å²) in [5.74, 6) is 1.57. The van der Waals surface area contributed by atoms with E-state index in [0.717, 1.165) is 42.4 Å². The molecule has 2 unspecified atom stereocenters. The van der Waals surface area contributed by atoms with Crippen molar-refractivity contribution in [2.75, 3.05) is 37.0 Å². The molecule has 21 heavy (non-hydrogen) atoms. The number of morpholine rings is 1. The zero-order chi connectivity index (χ0) is 14.2. The van der Waals surface area contributed by atoms with Crippen molar-refractivity contribution in [2.24, 2.45) is 0 Å². The third-order valence-electron chi connectivity index (χ3n) is 4.73. The molecule has 2 heterocycles. The second-order valence-corrected chi connectivity index (χ2v) is 6.01. The minimum absolute atomic E-state index is 0.347. The fraction of sp³-hybridized carbons (Fsp3) is 0.625. The van der Waals surface area contributed by atoms with Crippen molar-refractivity contribution >= 4 is 11.4 Å². The lowest BCUT2D eigenvalue weighted by atomic mass is 9.89. The molecule has 4 rings (SSSR count). The Hall–Kier alpha value is -1.62. The van der Waals surface area contributed by atoms with Gasteiger partial charge in [-0.25, -0.2) is 0 Å². The van der Waals surface area contributed by atoms with Gasteiger partial charge in [0.25, 0.3) is 0 Å². The van der Waals surface area contributed by atoms with Crippen LogP contribution in [0.3, 0.4) is 0 Å². The summed E-state index contributed by atoms with van der Waals surface area (Å²) in [7, 11) is 0. The SMILES string of the molecule is Nc1cc2c(cc1N1CCOC3CCCCC31)OCCO2. The maximum Gasteiger partial charge on any atom is 0.163 e. The molecule has 1 saturated carbocycles. The summed E-state index contributed by atoms with van der Waals surface area (Å²) >= 11 is 0. The molecule has 0 amide bonds. The molecule has 0 spiro atoms. The van der Waals surface area contributed by atoms with E-state index in [-0.39, 0.29) is 0 Å². The normalized spacial score (nSPS) is 28.1. The molecule has 5 nitrogen and oxygen atoms in total. The van der Waals surface area contributed by atoms with E-state index in [9.17, 15) is 0 Å². The predicted molar refractivity (Wildman–Crippen MR) is 81.2 cm³/mol. The van der Waals surface area contributed by atoms with Gasteiger partial charge in [0.2, 0.25) is 0 Å². The molecule has 1 saturated heterocycles. The Kier molecular flexibility index (Phi) is 3.30. The van der Waals surface area contributed by atoms with Crippen LogP contribution >= 0.6 is 0 Å². The predicted octanol–water partition coefficient (Wildman–Crippen LogP) is 2.19. The number of rotatable bonds is 1. The number of nitrogens with two attached hydrogens (primary N) is 1. The van der Waals surface area contributed by atoms with E-state index in [0.29, 0.717) is 25.4 Å². The first kappa shape index (κ1) is 13.1. The standard InChI is InChI=1S/C16H22N2O3/c17-11-9-15-16(21-8-7-20-15)10-13(11)18-5-6-19-14-4-2-1-3-12(14)18/h9-10,12,14H,1-8,17H2. The van der Waals surface area contributed by atoms with Gasteiger partial charge in [0, 0.05) is 18.7 Å². The molecule has 2 N–H and O–H groups in total. The van der Waals surface area contributed by atoms with Crippen LogP contribution in [0.25, 0.3) is 0 Å². The lowest BCUT2D eigenvalue weighted by Crippen LogP contribution is -2.53. The van der Waals surface area contributed by atoms with Gasteiger partial charge in [-0.15, -0.1) is 0 Å². The maximum absolute atomic E-state index is 6.28. The summed E-state index contributed by atoms with van der Waals surface area (Å²) in [6.07, 6.45) is 5.22. The highest BCUT2D eigenvalue weighted by atomic mass is 16.6. The highest BCUT2D eigenvalue weighted by Crippen LogP contribution is 2.41. The third-order valence-corrected chi connectivity index (χ3v) is 4.73. The summed E-state index contributed by atoms with van der Waals surface area (Å²) in [5, 5.41) is 0. The number of ether oxygens (including phenoxy) is 3. The minimum atomic E-state index is 0.347. The van der Waals surface area contributed by atoms with E-state index >= 15 is 0 Å². The van der Waals surface area contributed by atoms with Crippen LogP contribution in [0.2, 0.25) is 0 Å². The molecule has 5 heteroatoms. The van der Waals surface area contributed by atoms with Crippen LogP contribution in [-0.4, -0.2) is 38.5 Å². The van der Waals surface area contributed by atoms with Crippen LogP contribution in [0.4, 0.5) is 11.4 Å². The summed E-state index contributed by atoms with van der Waals surface area (Å²) in [6, 6.07) is 4.38. The van der Waals surface area contributed by atoms with E-state index in [4.69, 9.17) is 19.9 Å². The first-order valence-corrected chi connectivity index (χ1v) is 7.90. The van der Waals surface area contributed by atoms with Gasteiger partial charge < -0.3 is 24.8 Å². The number of nitrogens with zero attached hydrogens (tertiary/aromatic N) is 1. The Morgan fingerprint density at radius 3 is 2.62 bits per heavy atom. The Morgan fingerprint density at radius 2 is 1.76 bits per heavy atom. The number of benzene rings is 1. The Morgan fingerprint density at radius 1 is 1.00 bits per heavy atom. The second-order valence-electron chi connectivity index (χ2n) is 6.01. The average Bonchev–Trinajstić information content (AvgIpc) is 2.54. The van der Waals surface area contributed by atoms with Crippen LogP contribution in [0.15, 0.2) is 12.1 Å². The molecule has 0 aromatic heterocycles. The highest BCUT2D eigenvalue weighted by molar-refractivity contribution is 5.74. The van der Waals surface area contributed by atoms with Gasteiger partial charge >= 0.3 is 0 Å². The molecular weight excluding hydrogens is 268 g/mol. The number of nitrogen functional groups attached to an aromatic ring is 1. The van der Waals surface area contributed by atoms with Crippen molar-refractivity contribution in [3.05, 3.63) is 12.1 Å². The van der Waals surface area contributed by atoms with Gasteiger partial charge in [0.15, 0.2) is 11.5 Å². The fourth-order valence-corrected chi connectivity index (χ4v) is 3.74. The quantitative estimate of drug-likeness (QED) is 0.803. The monoisotopic (exact) mass is 290 g/mol. The largest absolute Gasteiger partial charge is 0.486 e. The molecular formula is C16H22N2O3. The van der Waals surface area contributed by atoms with Crippen LogP contribution in [0.1, 0.15) is 25.7 Å². The fourth-order valence-electron chi connectivity index (χ4n) is 3.74. The van der Waals surface area contributed by atoms with Crippen LogP contribution < -0.4 is 20.1 Å². The molecule has 1 aliphatic carbocycles. The molecule has 3 aliphatic rings. The Labute approximate surface area is 125 Å². The summed E-state index contributed by atoms with van der Waals surface area (Å²) in [5.41, 5.74) is 8.12. The van der Waals surface area contributed by atoms with Crippen LogP contribution in [0, 0.1) is 0 Å². The lowest BCUT2D eigenvalue weighted by Gasteiger charge is -2.45. The van der Waals surface area contributed by atoms with Gasteiger partial charge in [-0.3, -0.25) is 0 Å². The summed E-state index contributed by atoms with van der Waals surface area (Å²) in [6.45, 7) is 2.86. The summed E-state index contributed by atoms with van der Waals surface area (Å²) < 4.78 is 17.3. The number of hydrogen-bond acceptors (Lipinski definition) is 5. The Bertz CT molecular complexity index is 532. The molecule has 114 valence electrons. The van der Waals surface area contributed by atoms with Crippen molar-refractivity contribution in [3.63, 3.8) is 0 Å². The third kappa shape index (κ3) is 2.29.